The van der Waals surface area contributed by atoms with Gasteiger partial charge in [0, 0.05) is 12.6 Å². The van der Waals surface area contributed by atoms with E-state index in [4.69, 9.17) is 5.21 Å². The highest BCUT2D eigenvalue weighted by Crippen LogP contribution is 2.53. The van der Waals surface area contributed by atoms with E-state index >= 15 is 0 Å². The van der Waals surface area contributed by atoms with Crippen LogP contribution in [0.4, 0.5) is 0 Å². The minimum atomic E-state index is 0.427. The van der Waals surface area contributed by atoms with E-state index in [0.29, 0.717) is 22.9 Å². The molecule has 3 atom stereocenters. The topological polar surface area (TPSA) is 35.8 Å². The third-order valence-corrected chi connectivity index (χ3v) is 5.28. The summed E-state index contributed by atoms with van der Waals surface area (Å²) >= 11 is 0. The standard InChI is InChI=1S/C15H26N2O/c1-14(2)7-11-8-15(3,9-14)10-17(11)13-6-4-5-12(13)16-18/h11,13,18H,4-10H2,1-3H3/b16-12+/t11-,13-,15+/m0/s1. The Kier molecular flexibility index (Phi) is 2.74. The molecule has 18 heavy (non-hydrogen) atoms. The normalized spacial score (nSPS) is 45.8. The maximum Gasteiger partial charge on any atom is 0.0742 e. The average Bonchev–Trinajstić information content (AvgIpc) is 2.78. The van der Waals surface area contributed by atoms with Gasteiger partial charge < -0.3 is 5.21 Å². The number of hydrogen-bond acceptors (Lipinski definition) is 3. The second-order valence-electron chi connectivity index (χ2n) is 7.89. The smallest absolute Gasteiger partial charge is 0.0742 e. The Morgan fingerprint density at radius 1 is 1.28 bits per heavy atom. The molecule has 102 valence electrons. The summed E-state index contributed by atoms with van der Waals surface area (Å²) < 4.78 is 0. The van der Waals surface area contributed by atoms with Crippen LogP contribution in [0.1, 0.15) is 59.3 Å². The predicted octanol–water partition coefficient (Wildman–Crippen LogP) is 3.27. The van der Waals surface area contributed by atoms with E-state index in [-0.39, 0.29) is 0 Å². The zero-order chi connectivity index (χ0) is 13.0. The summed E-state index contributed by atoms with van der Waals surface area (Å²) in [5.74, 6) is 0. The van der Waals surface area contributed by atoms with Crippen molar-refractivity contribution in [3.63, 3.8) is 0 Å². The van der Waals surface area contributed by atoms with Crippen molar-refractivity contribution in [2.75, 3.05) is 6.54 Å². The van der Waals surface area contributed by atoms with Crippen LogP contribution in [0.2, 0.25) is 0 Å². The fourth-order valence-electron chi connectivity index (χ4n) is 5.15. The van der Waals surface area contributed by atoms with Crippen LogP contribution in [-0.4, -0.2) is 34.4 Å². The van der Waals surface area contributed by atoms with Gasteiger partial charge in [0.05, 0.1) is 11.8 Å². The molecule has 2 saturated carbocycles. The highest BCUT2D eigenvalue weighted by Gasteiger charge is 2.52. The molecule has 2 aliphatic carbocycles. The average molecular weight is 250 g/mol. The first-order valence-corrected chi connectivity index (χ1v) is 7.39. The molecule has 1 N–H and O–H groups in total. The molecule has 3 fully saturated rings. The van der Waals surface area contributed by atoms with Crippen molar-refractivity contribution in [2.24, 2.45) is 16.0 Å². The second-order valence-corrected chi connectivity index (χ2v) is 7.89. The van der Waals surface area contributed by atoms with Gasteiger partial charge in [-0.15, -0.1) is 0 Å². The van der Waals surface area contributed by atoms with Crippen molar-refractivity contribution >= 4 is 5.71 Å². The summed E-state index contributed by atoms with van der Waals surface area (Å²) in [6, 6.07) is 1.13. The first-order chi connectivity index (χ1) is 8.42. The van der Waals surface area contributed by atoms with Crippen molar-refractivity contribution in [3.05, 3.63) is 0 Å². The summed E-state index contributed by atoms with van der Waals surface area (Å²) in [6.07, 6.45) is 7.35. The SMILES string of the molecule is CC1(C)C[C@H]2C[C@@](C)(CN2[C@H]2CCC/C2=N\O)C1. The lowest BCUT2D eigenvalue weighted by molar-refractivity contribution is 0.124. The highest BCUT2D eigenvalue weighted by atomic mass is 16.4. The van der Waals surface area contributed by atoms with Gasteiger partial charge in [0.2, 0.25) is 0 Å². The summed E-state index contributed by atoms with van der Waals surface area (Å²) in [7, 11) is 0. The molecule has 2 bridgehead atoms. The van der Waals surface area contributed by atoms with Crippen molar-refractivity contribution in [3.8, 4) is 0 Å². The van der Waals surface area contributed by atoms with Crippen LogP contribution in [0.3, 0.4) is 0 Å². The van der Waals surface area contributed by atoms with Crippen LogP contribution in [0.15, 0.2) is 5.16 Å². The molecule has 0 aromatic rings. The summed E-state index contributed by atoms with van der Waals surface area (Å²) in [5, 5.41) is 12.7. The Morgan fingerprint density at radius 2 is 2.06 bits per heavy atom. The monoisotopic (exact) mass is 250 g/mol. The molecule has 0 aromatic heterocycles. The van der Waals surface area contributed by atoms with Crippen LogP contribution in [0, 0.1) is 10.8 Å². The van der Waals surface area contributed by atoms with Crippen molar-refractivity contribution in [1.82, 2.24) is 4.90 Å². The Labute approximate surface area is 110 Å². The number of fused-ring (bicyclic) bond motifs is 2. The van der Waals surface area contributed by atoms with Gasteiger partial charge >= 0.3 is 0 Å². The fourth-order valence-corrected chi connectivity index (χ4v) is 5.15. The van der Waals surface area contributed by atoms with Crippen molar-refractivity contribution in [2.45, 2.75) is 71.4 Å². The maximum absolute atomic E-state index is 9.17. The fraction of sp³-hybridized carbons (Fsp3) is 0.933. The molecule has 0 spiro atoms. The quantitative estimate of drug-likeness (QED) is 0.572. The van der Waals surface area contributed by atoms with Gasteiger partial charge in [0.15, 0.2) is 0 Å². The maximum atomic E-state index is 9.17. The van der Waals surface area contributed by atoms with E-state index in [1.165, 1.54) is 38.6 Å². The molecule has 3 rings (SSSR count). The van der Waals surface area contributed by atoms with Crippen LogP contribution in [0.5, 0.6) is 0 Å². The van der Waals surface area contributed by atoms with E-state index in [1.54, 1.807) is 0 Å². The van der Waals surface area contributed by atoms with E-state index < -0.39 is 0 Å². The molecule has 1 heterocycles. The van der Waals surface area contributed by atoms with E-state index in [1.807, 2.05) is 0 Å². The van der Waals surface area contributed by atoms with Crippen LogP contribution in [0.25, 0.3) is 0 Å². The first-order valence-electron chi connectivity index (χ1n) is 7.39. The zero-order valence-corrected chi connectivity index (χ0v) is 11.9. The molecule has 3 aliphatic rings. The van der Waals surface area contributed by atoms with Gasteiger partial charge in [-0.3, -0.25) is 4.90 Å². The Bertz CT molecular complexity index is 377. The highest BCUT2D eigenvalue weighted by molar-refractivity contribution is 5.91. The van der Waals surface area contributed by atoms with Gasteiger partial charge in [-0.25, -0.2) is 0 Å². The molecule has 0 aromatic carbocycles. The summed E-state index contributed by atoms with van der Waals surface area (Å²) in [5.41, 5.74) is 1.99. The van der Waals surface area contributed by atoms with E-state index in [0.717, 1.165) is 12.1 Å². The number of rotatable bonds is 1. The molecule has 3 heteroatoms. The number of likely N-dealkylation sites (tertiary alicyclic amines) is 1. The number of oxime groups is 1. The lowest BCUT2D eigenvalue weighted by Gasteiger charge is -2.40. The minimum absolute atomic E-state index is 0.427. The molecule has 0 unspecified atom stereocenters. The minimum Gasteiger partial charge on any atom is -0.411 e. The molecule has 0 radical (unpaired) electrons. The van der Waals surface area contributed by atoms with Gasteiger partial charge in [-0.05, 0) is 49.4 Å². The number of nitrogens with zero attached hydrogens (tertiary/aromatic N) is 2. The van der Waals surface area contributed by atoms with Crippen molar-refractivity contribution in [1.29, 1.82) is 0 Å². The molecule has 0 amide bonds. The van der Waals surface area contributed by atoms with Crippen LogP contribution < -0.4 is 0 Å². The van der Waals surface area contributed by atoms with Gasteiger partial charge in [-0.2, -0.15) is 0 Å². The molecule has 3 nitrogen and oxygen atoms in total. The van der Waals surface area contributed by atoms with Gasteiger partial charge in [-0.1, -0.05) is 25.9 Å². The van der Waals surface area contributed by atoms with Gasteiger partial charge in [0.25, 0.3) is 0 Å². The third kappa shape index (κ3) is 1.97. The molecule has 1 saturated heterocycles. The largest absolute Gasteiger partial charge is 0.411 e. The second kappa shape index (κ2) is 3.96. The Balaban J connectivity index is 1.84. The first kappa shape index (κ1) is 12.5. The van der Waals surface area contributed by atoms with E-state index in [9.17, 15) is 0 Å². The predicted molar refractivity (Wildman–Crippen MR) is 73.1 cm³/mol. The van der Waals surface area contributed by atoms with E-state index in [2.05, 4.69) is 30.8 Å². The molecule has 1 aliphatic heterocycles. The third-order valence-electron chi connectivity index (χ3n) is 5.28. The lowest BCUT2D eigenvalue weighted by Crippen LogP contribution is -2.42. The number of hydrogen-bond donors (Lipinski definition) is 1. The zero-order valence-electron chi connectivity index (χ0n) is 11.9. The Hall–Kier alpha value is -0.570. The molecular weight excluding hydrogens is 224 g/mol. The van der Waals surface area contributed by atoms with Gasteiger partial charge in [0.1, 0.15) is 0 Å². The van der Waals surface area contributed by atoms with Crippen molar-refractivity contribution < 1.29 is 5.21 Å². The van der Waals surface area contributed by atoms with Crippen LogP contribution in [-0.2, 0) is 0 Å². The molecular formula is C15H26N2O. The Morgan fingerprint density at radius 3 is 2.78 bits per heavy atom. The van der Waals surface area contributed by atoms with Crippen LogP contribution >= 0.6 is 0 Å². The summed E-state index contributed by atoms with van der Waals surface area (Å²) in [4.78, 5) is 2.66. The lowest BCUT2D eigenvalue weighted by atomic mass is 9.65. The summed E-state index contributed by atoms with van der Waals surface area (Å²) in [6.45, 7) is 8.48.